The SMILES string of the molecule is CC(C)(C)OC(=O)c1c([N+](=O)[O-])cc(C(=O)O)c(N2CCCCC2)c1N. The number of nitro groups is 1. The number of anilines is 2. The van der Waals surface area contributed by atoms with Crippen molar-refractivity contribution in [2.45, 2.75) is 45.6 Å². The summed E-state index contributed by atoms with van der Waals surface area (Å²) in [7, 11) is 0. The standard InChI is InChI=1S/C17H23N3O6/c1-17(2,3)26-16(23)12-11(20(24)25)9-10(15(21)22)14(13(12)18)19-7-5-4-6-8-19/h9H,4-8,18H2,1-3H3,(H,21,22). The van der Waals surface area contributed by atoms with Gasteiger partial charge in [0.15, 0.2) is 5.56 Å². The van der Waals surface area contributed by atoms with Gasteiger partial charge in [0.25, 0.3) is 5.69 Å². The zero-order valence-corrected chi connectivity index (χ0v) is 15.1. The van der Waals surface area contributed by atoms with Gasteiger partial charge in [-0.2, -0.15) is 0 Å². The Labute approximate surface area is 150 Å². The summed E-state index contributed by atoms with van der Waals surface area (Å²) in [5.41, 5.74) is 3.77. The van der Waals surface area contributed by atoms with Crippen molar-refractivity contribution in [2.24, 2.45) is 0 Å². The van der Waals surface area contributed by atoms with Crippen LogP contribution < -0.4 is 10.6 Å². The Morgan fingerprint density at radius 2 is 1.85 bits per heavy atom. The van der Waals surface area contributed by atoms with Gasteiger partial charge in [-0.15, -0.1) is 0 Å². The average molecular weight is 365 g/mol. The molecule has 1 aromatic carbocycles. The fourth-order valence-corrected chi connectivity index (χ4v) is 2.99. The number of benzene rings is 1. The van der Waals surface area contributed by atoms with E-state index in [4.69, 9.17) is 10.5 Å². The Hall–Kier alpha value is -2.84. The molecule has 0 radical (unpaired) electrons. The number of rotatable bonds is 4. The summed E-state index contributed by atoms with van der Waals surface area (Å²) in [5.74, 6) is -2.28. The van der Waals surface area contributed by atoms with Crippen LogP contribution in [0.25, 0.3) is 0 Å². The fourth-order valence-electron chi connectivity index (χ4n) is 2.99. The zero-order valence-electron chi connectivity index (χ0n) is 15.1. The Balaban J connectivity index is 2.70. The van der Waals surface area contributed by atoms with Gasteiger partial charge in [-0.1, -0.05) is 0 Å². The molecule has 1 aromatic rings. The summed E-state index contributed by atoms with van der Waals surface area (Å²) in [4.78, 5) is 36.6. The maximum absolute atomic E-state index is 12.5. The second-order valence-electron chi connectivity index (χ2n) is 7.19. The van der Waals surface area contributed by atoms with E-state index in [1.165, 1.54) is 0 Å². The third-order valence-electron chi connectivity index (χ3n) is 4.02. The van der Waals surface area contributed by atoms with E-state index in [1.54, 1.807) is 25.7 Å². The number of piperidine rings is 1. The second kappa shape index (κ2) is 7.19. The van der Waals surface area contributed by atoms with Gasteiger partial charge in [0.2, 0.25) is 0 Å². The number of ether oxygens (including phenoxy) is 1. The van der Waals surface area contributed by atoms with Gasteiger partial charge in [0.05, 0.1) is 21.9 Å². The van der Waals surface area contributed by atoms with Crippen molar-refractivity contribution in [1.29, 1.82) is 0 Å². The van der Waals surface area contributed by atoms with Crippen LogP contribution in [0.2, 0.25) is 0 Å². The first kappa shape index (κ1) is 19.5. The summed E-state index contributed by atoms with van der Waals surface area (Å²) in [6, 6.07) is 0.891. The van der Waals surface area contributed by atoms with Crippen LogP contribution in [0.4, 0.5) is 17.1 Å². The first-order valence-corrected chi connectivity index (χ1v) is 8.35. The van der Waals surface area contributed by atoms with E-state index in [1.807, 2.05) is 0 Å². The van der Waals surface area contributed by atoms with Crippen LogP contribution in [-0.4, -0.2) is 40.7 Å². The molecule has 9 nitrogen and oxygen atoms in total. The molecule has 1 heterocycles. The molecule has 2 rings (SSSR count). The van der Waals surface area contributed by atoms with E-state index in [9.17, 15) is 24.8 Å². The lowest BCUT2D eigenvalue weighted by molar-refractivity contribution is -0.385. The quantitative estimate of drug-likeness (QED) is 0.360. The molecule has 0 saturated carbocycles. The molecule has 1 aliphatic heterocycles. The summed E-state index contributed by atoms with van der Waals surface area (Å²) < 4.78 is 5.25. The highest BCUT2D eigenvalue weighted by molar-refractivity contribution is 6.08. The zero-order chi connectivity index (χ0) is 19.6. The minimum atomic E-state index is -1.34. The minimum absolute atomic E-state index is 0.142. The number of nitrogen functional groups attached to an aromatic ring is 1. The summed E-state index contributed by atoms with van der Waals surface area (Å²) in [6.07, 6.45) is 2.69. The van der Waals surface area contributed by atoms with Gasteiger partial charge in [-0.3, -0.25) is 10.1 Å². The van der Waals surface area contributed by atoms with E-state index >= 15 is 0 Å². The van der Waals surface area contributed by atoms with Crippen molar-refractivity contribution in [2.75, 3.05) is 23.7 Å². The molecular weight excluding hydrogens is 342 g/mol. The molecule has 1 saturated heterocycles. The second-order valence-corrected chi connectivity index (χ2v) is 7.19. The van der Waals surface area contributed by atoms with E-state index in [0.29, 0.717) is 13.1 Å². The van der Waals surface area contributed by atoms with Crippen LogP contribution in [0.5, 0.6) is 0 Å². The normalized spacial score (nSPS) is 14.8. The molecule has 0 atom stereocenters. The maximum Gasteiger partial charge on any atom is 0.347 e. The number of aromatic carboxylic acids is 1. The van der Waals surface area contributed by atoms with Crippen LogP contribution >= 0.6 is 0 Å². The third kappa shape index (κ3) is 4.04. The molecule has 3 N–H and O–H groups in total. The average Bonchev–Trinajstić information content (AvgIpc) is 2.52. The van der Waals surface area contributed by atoms with Gasteiger partial charge in [-0.05, 0) is 40.0 Å². The van der Waals surface area contributed by atoms with Crippen molar-refractivity contribution in [3.63, 3.8) is 0 Å². The third-order valence-corrected chi connectivity index (χ3v) is 4.02. The van der Waals surface area contributed by atoms with Gasteiger partial charge in [0, 0.05) is 19.2 Å². The molecule has 0 amide bonds. The first-order chi connectivity index (χ1) is 12.0. The number of hydrogen-bond donors (Lipinski definition) is 2. The highest BCUT2D eigenvalue weighted by atomic mass is 16.6. The monoisotopic (exact) mass is 365 g/mol. The predicted molar refractivity (Wildman–Crippen MR) is 95.7 cm³/mol. The molecule has 1 fully saturated rings. The lowest BCUT2D eigenvalue weighted by Crippen LogP contribution is -2.33. The van der Waals surface area contributed by atoms with E-state index < -0.39 is 33.7 Å². The lowest BCUT2D eigenvalue weighted by Gasteiger charge is -2.31. The smallest absolute Gasteiger partial charge is 0.347 e. The first-order valence-electron chi connectivity index (χ1n) is 8.35. The lowest BCUT2D eigenvalue weighted by atomic mass is 10.00. The number of carboxylic acids is 1. The van der Waals surface area contributed by atoms with Crippen molar-refractivity contribution in [3.8, 4) is 0 Å². The number of esters is 1. The highest BCUT2D eigenvalue weighted by Crippen LogP contribution is 2.39. The van der Waals surface area contributed by atoms with Gasteiger partial charge in [-0.25, -0.2) is 9.59 Å². The van der Waals surface area contributed by atoms with E-state index in [-0.39, 0.29) is 16.9 Å². The molecule has 26 heavy (non-hydrogen) atoms. The molecule has 0 aliphatic carbocycles. The Bertz CT molecular complexity index is 748. The molecule has 0 spiro atoms. The minimum Gasteiger partial charge on any atom is -0.478 e. The number of nitro benzene ring substituents is 1. The number of carboxylic acid groups (broad SMARTS) is 1. The summed E-state index contributed by atoms with van der Waals surface area (Å²) >= 11 is 0. The molecular formula is C17H23N3O6. The number of hydrogen-bond acceptors (Lipinski definition) is 7. The van der Waals surface area contributed by atoms with Crippen LogP contribution in [-0.2, 0) is 4.74 Å². The van der Waals surface area contributed by atoms with Gasteiger partial charge in [0.1, 0.15) is 5.60 Å². The molecule has 0 aromatic heterocycles. The fraction of sp³-hybridized carbons (Fsp3) is 0.529. The van der Waals surface area contributed by atoms with Crippen molar-refractivity contribution >= 4 is 29.0 Å². The van der Waals surface area contributed by atoms with Crippen LogP contribution in [0.1, 0.15) is 60.7 Å². The molecule has 0 bridgehead atoms. The topological polar surface area (TPSA) is 136 Å². The summed E-state index contributed by atoms with van der Waals surface area (Å²) in [6.45, 7) is 6.02. The molecule has 9 heteroatoms. The summed E-state index contributed by atoms with van der Waals surface area (Å²) in [5, 5.41) is 21.0. The predicted octanol–water partition coefficient (Wildman–Crippen LogP) is 2.82. The van der Waals surface area contributed by atoms with Crippen LogP contribution in [0, 0.1) is 10.1 Å². The van der Waals surface area contributed by atoms with E-state index in [0.717, 1.165) is 25.3 Å². The number of nitrogens with two attached hydrogens (primary N) is 1. The van der Waals surface area contributed by atoms with Gasteiger partial charge < -0.3 is 20.5 Å². The molecule has 1 aliphatic rings. The largest absolute Gasteiger partial charge is 0.478 e. The van der Waals surface area contributed by atoms with Crippen LogP contribution in [0.15, 0.2) is 6.07 Å². The maximum atomic E-state index is 12.5. The Kier molecular flexibility index (Phi) is 5.38. The highest BCUT2D eigenvalue weighted by Gasteiger charge is 2.34. The Morgan fingerprint density at radius 3 is 2.31 bits per heavy atom. The Morgan fingerprint density at radius 1 is 1.27 bits per heavy atom. The molecule has 0 unspecified atom stereocenters. The van der Waals surface area contributed by atoms with Crippen molar-refractivity contribution < 1.29 is 24.4 Å². The number of carbonyl (C=O) groups is 2. The van der Waals surface area contributed by atoms with E-state index in [2.05, 4.69) is 0 Å². The number of nitrogens with zero attached hydrogens (tertiary/aromatic N) is 2. The van der Waals surface area contributed by atoms with Gasteiger partial charge >= 0.3 is 11.9 Å². The van der Waals surface area contributed by atoms with Crippen LogP contribution in [0.3, 0.4) is 0 Å². The molecule has 142 valence electrons. The van der Waals surface area contributed by atoms with Crippen molar-refractivity contribution in [1.82, 2.24) is 0 Å². The van der Waals surface area contributed by atoms with Crippen molar-refractivity contribution in [3.05, 3.63) is 27.3 Å². The number of carbonyl (C=O) groups excluding carboxylic acids is 1.